The Bertz CT molecular complexity index is 285. The van der Waals surface area contributed by atoms with E-state index in [2.05, 4.69) is 26.2 Å². The minimum absolute atomic E-state index is 0.0654. The van der Waals surface area contributed by atoms with Gasteiger partial charge in [-0.05, 0) is 13.8 Å². The highest BCUT2D eigenvalue weighted by atomic mass is 79.9. The fraction of sp³-hybridized carbons (Fsp3) is 0.429. The molecular formula is C7H9BrN2OS. The van der Waals surface area contributed by atoms with Crippen molar-refractivity contribution in [2.45, 2.75) is 18.7 Å². The number of hydrogen-bond acceptors (Lipinski definition) is 3. The summed E-state index contributed by atoms with van der Waals surface area (Å²) in [6.07, 6.45) is 0. The summed E-state index contributed by atoms with van der Waals surface area (Å²) < 4.78 is 0. The van der Waals surface area contributed by atoms with Crippen molar-refractivity contribution in [3.8, 4) is 0 Å². The van der Waals surface area contributed by atoms with Gasteiger partial charge in [0.05, 0.1) is 10.5 Å². The second-order valence-corrected chi connectivity index (χ2v) is 4.63. The van der Waals surface area contributed by atoms with E-state index in [0.717, 1.165) is 5.69 Å². The Balaban J connectivity index is 2.58. The quantitative estimate of drug-likeness (QED) is 0.816. The number of nitrogens with zero attached hydrogens (tertiary/aromatic N) is 1. The Morgan fingerprint density at radius 1 is 1.83 bits per heavy atom. The molecule has 0 aromatic carbocycles. The Labute approximate surface area is 83.3 Å². The molecular weight excluding hydrogens is 240 g/mol. The molecule has 1 atom stereocenters. The first kappa shape index (κ1) is 9.67. The molecule has 0 saturated heterocycles. The minimum Gasteiger partial charge on any atom is -0.301 e. The first-order valence-corrected chi connectivity index (χ1v) is 5.26. The molecule has 1 aromatic rings. The summed E-state index contributed by atoms with van der Waals surface area (Å²) in [4.78, 5) is 15.0. The van der Waals surface area contributed by atoms with Gasteiger partial charge in [0, 0.05) is 5.38 Å². The van der Waals surface area contributed by atoms with Crippen LogP contribution in [0.2, 0.25) is 0 Å². The molecule has 0 saturated carbocycles. The van der Waals surface area contributed by atoms with Crippen molar-refractivity contribution in [1.29, 1.82) is 0 Å². The van der Waals surface area contributed by atoms with Crippen LogP contribution < -0.4 is 5.32 Å². The summed E-state index contributed by atoms with van der Waals surface area (Å²) in [5.74, 6) is -0.0654. The van der Waals surface area contributed by atoms with Crippen molar-refractivity contribution >= 4 is 38.3 Å². The number of thiazole rings is 1. The Morgan fingerprint density at radius 2 is 2.50 bits per heavy atom. The highest BCUT2D eigenvalue weighted by Gasteiger charge is 2.09. The van der Waals surface area contributed by atoms with Gasteiger partial charge >= 0.3 is 0 Å². The van der Waals surface area contributed by atoms with Gasteiger partial charge in [0.25, 0.3) is 0 Å². The molecule has 1 aromatic heterocycles. The second-order valence-electron chi connectivity index (χ2n) is 2.40. The molecule has 0 aliphatic carbocycles. The van der Waals surface area contributed by atoms with Crippen molar-refractivity contribution in [3.05, 3.63) is 11.1 Å². The lowest BCUT2D eigenvalue weighted by molar-refractivity contribution is -0.115. The lowest BCUT2D eigenvalue weighted by atomic mass is 10.5. The van der Waals surface area contributed by atoms with Crippen LogP contribution in [0.15, 0.2) is 5.38 Å². The number of carbonyl (C=O) groups is 1. The first-order chi connectivity index (χ1) is 5.59. The standard InChI is InChI=1S/C7H9BrN2OS/c1-4-3-12-7(9-4)10-6(11)5(2)8/h3,5H,1-2H3,(H,9,10,11)/t5-/m1/s1. The van der Waals surface area contributed by atoms with E-state index in [1.807, 2.05) is 12.3 Å². The number of alkyl halides is 1. The predicted molar refractivity (Wildman–Crippen MR) is 53.9 cm³/mol. The third kappa shape index (κ3) is 2.57. The van der Waals surface area contributed by atoms with E-state index in [1.54, 1.807) is 6.92 Å². The van der Waals surface area contributed by atoms with Gasteiger partial charge in [-0.1, -0.05) is 15.9 Å². The van der Waals surface area contributed by atoms with Crippen molar-refractivity contribution in [1.82, 2.24) is 4.98 Å². The van der Waals surface area contributed by atoms with Gasteiger partial charge < -0.3 is 5.32 Å². The molecule has 0 spiro atoms. The van der Waals surface area contributed by atoms with Gasteiger partial charge in [0.2, 0.25) is 5.91 Å². The minimum atomic E-state index is -0.179. The maximum atomic E-state index is 11.1. The molecule has 3 nitrogen and oxygen atoms in total. The van der Waals surface area contributed by atoms with E-state index in [4.69, 9.17) is 0 Å². The van der Waals surface area contributed by atoms with Gasteiger partial charge in [0.15, 0.2) is 5.13 Å². The number of halogens is 1. The normalized spacial score (nSPS) is 12.6. The second kappa shape index (κ2) is 4.00. The van der Waals surface area contributed by atoms with Gasteiger partial charge in [-0.3, -0.25) is 4.79 Å². The number of rotatable bonds is 2. The number of nitrogens with one attached hydrogen (secondary N) is 1. The lowest BCUT2D eigenvalue weighted by Gasteiger charge is -2.01. The average molecular weight is 249 g/mol. The first-order valence-electron chi connectivity index (χ1n) is 3.46. The number of hydrogen-bond donors (Lipinski definition) is 1. The van der Waals surface area contributed by atoms with E-state index in [0.29, 0.717) is 5.13 Å². The maximum absolute atomic E-state index is 11.1. The van der Waals surface area contributed by atoms with Crippen LogP contribution >= 0.6 is 27.3 Å². The Kier molecular flexibility index (Phi) is 3.22. The van der Waals surface area contributed by atoms with Gasteiger partial charge in [-0.25, -0.2) is 4.98 Å². The van der Waals surface area contributed by atoms with Crippen molar-refractivity contribution in [2.24, 2.45) is 0 Å². The smallest absolute Gasteiger partial charge is 0.239 e. The molecule has 66 valence electrons. The fourth-order valence-corrected chi connectivity index (χ4v) is 1.42. The number of anilines is 1. The largest absolute Gasteiger partial charge is 0.301 e. The van der Waals surface area contributed by atoms with E-state index >= 15 is 0 Å². The van der Waals surface area contributed by atoms with Crippen LogP contribution in [0.1, 0.15) is 12.6 Å². The van der Waals surface area contributed by atoms with Crippen LogP contribution in [-0.2, 0) is 4.79 Å². The lowest BCUT2D eigenvalue weighted by Crippen LogP contribution is -2.19. The van der Waals surface area contributed by atoms with Crippen LogP contribution in [0.25, 0.3) is 0 Å². The van der Waals surface area contributed by atoms with E-state index in [-0.39, 0.29) is 10.7 Å². The van der Waals surface area contributed by atoms with Crippen LogP contribution in [0.3, 0.4) is 0 Å². The predicted octanol–water partition coefficient (Wildman–Crippen LogP) is 2.17. The third-order valence-electron chi connectivity index (χ3n) is 1.21. The number of amides is 1. The van der Waals surface area contributed by atoms with Crippen molar-refractivity contribution in [3.63, 3.8) is 0 Å². The third-order valence-corrected chi connectivity index (χ3v) is 2.50. The molecule has 0 radical (unpaired) electrons. The Morgan fingerprint density at radius 3 is 2.92 bits per heavy atom. The zero-order valence-corrected chi connectivity index (χ0v) is 9.20. The SMILES string of the molecule is Cc1csc(NC(=O)[C@@H](C)Br)n1. The molecule has 0 fully saturated rings. The van der Waals surface area contributed by atoms with Crippen LogP contribution in [-0.4, -0.2) is 15.7 Å². The molecule has 0 unspecified atom stereocenters. The molecule has 5 heteroatoms. The summed E-state index contributed by atoms with van der Waals surface area (Å²) >= 11 is 4.60. The van der Waals surface area contributed by atoms with Gasteiger partial charge in [-0.2, -0.15) is 0 Å². The summed E-state index contributed by atoms with van der Waals surface area (Å²) in [5.41, 5.74) is 0.928. The molecule has 1 amide bonds. The molecule has 0 bridgehead atoms. The molecule has 1 N–H and O–H groups in total. The van der Waals surface area contributed by atoms with Crippen LogP contribution in [0, 0.1) is 6.92 Å². The highest BCUT2D eigenvalue weighted by Crippen LogP contribution is 2.15. The summed E-state index contributed by atoms with van der Waals surface area (Å²) in [7, 11) is 0. The topological polar surface area (TPSA) is 42.0 Å². The summed E-state index contributed by atoms with van der Waals surface area (Å²) in [5, 5.41) is 5.24. The molecule has 1 rings (SSSR count). The summed E-state index contributed by atoms with van der Waals surface area (Å²) in [6.45, 7) is 3.67. The number of carbonyl (C=O) groups excluding carboxylic acids is 1. The number of aryl methyl sites for hydroxylation is 1. The van der Waals surface area contributed by atoms with E-state index in [1.165, 1.54) is 11.3 Å². The summed E-state index contributed by atoms with van der Waals surface area (Å²) in [6, 6.07) is 0. The van der Waals surface area contributed by atoms with E-state index in [9.17, 15) is 4.79 Å². The van der Waals surface area contributed by atoms with Crippen molar-refractivity contribution < 1.29 is 4.79 Å². The van der Waals surface area contributed by atoms with Crippen LogP contribution in [0.5, 0.6) is 0 Å². The Hall–Kier alpha value is -0.420. The molecule has 0 aliphatic rings. The van der Waals surface area contributed by atoms with Gasteiger partial charge in [-0.15, -0.1) is 11.3 Å². The van der Waals surface area contributed by atoms with Gasteiger partial charge in [0.1, 0.15) is 0 Å². The zero-order valence-electron chi connectivity index (χ0n) is 6.80. The highest BCUT2D eigenvalue weighted by molar-refractivity contribution is 9.10. The number of aromatic nitrogens is 1. The molecule has 1 heterocycles. The monoisotopic (exact) mass is 248 g/mol. The molecule has 12 heavy (non-hydrogen) atoms. The van der Waals surface area contributed by atoms with Crippen molar-refractivity contribution in [2.75, 3.05) is 5.32 Å². The maximum Gasteiger partial charge on any atom is 0.239 e. The molecule has 0 aliphatic heterocycles. The zero-order chi connectivity index (χ0) is 9.14. The van der Waals surface area contributed by atoms with Crippen LogP contribution in [0.4, 0.5) is 5.13 Å². The van der Waals surface area contributed by atoms with E-state index < -0.39 is 0 Å². The average Bonchev–Trinajstić information content (AvgIpc) is 2.35. The fourth-order valence-electron chi connectivity index (χ4n) is 0.616.